The van der Waals surface area contributed by atoms with Gasteiger partial charge in [-0.2, -0.15) is 0 Å². The van der Waals surface area contributed by atoms with Crippen molar-refractivity contribution in [2.75, 3.05) is 11.9 Å². The summed E-state index contributed by atoms with van der Waals surface area (Å²) < 4.78 is 20.1. The summed E-state index contributed by atoms with van der Waals surface area (Å²) in [5.41, 5.74) is 2.71. The lowest BCUT2D eigenvalue weighted by molar-refractivity contribution is 0.102. The molecule has 29 heavy (non-hydrogen) atoms. The molecule has 0 aliphatic rings. The highest BCUT2D eigenvalue weighted by molar-refractivity contribution is 6.06. The smallest absolute Gasteiger partial charge is 0.258 e. The number of carbonyl (C=O) groups is 1. The molecule has 2 aromatic carbocycles. The third kappa shape index (κ3) is 4.71. The van der Waals surface area contributed by atoms with Gasteiger partial charge in [-0.1, -0.05) is 26.3 Å². The summed E-state index contributed by atoms with van der Waals surface area (Å²) in [5.74, 6) is -0.386. The van der Waals surface area contributed by atoms with Crippen LogP contribution in [0.5, 0.6) is 5.75 Å². The van der Waals surface area contributed by atoms with Crippen molar-refractivity contribution in [3.05, 3.63) is 65.1 Å². The first kappa shape index (κ1) is 20.7. The number of fused-ring (bicyclic) bond motifs is 1. The summed E-state index contributed by atoms with van der Waals surface area (Å²) in [6, 6.07) is 9.68. The largest absolute Gasteiger partial charge is 0.493 e. The summed E-state index contributed by atoms with van der Waals surface area (Å²) in [5, 5.41) is 12.9. The maximum Gasteiger partial charge on any atom is 0.258 e. The quantitative estimate of drug-likeness (QED) is 0.599. The lowest BCUT2D eigenvalue weighted by Crippen LogP contribution is -2.15. The molecule has 0 aliphatic heterocycles. The zero-order chi connectivity index (χ0) is 21.0. The zero-order valence-corrected chi connectivity index (χ0v) is 16.8. The van der Waals surface area contributed by atoms with E-state index in [0.717, 1.165) is 17.4 Å². The number of halogens is 1. The summed E-state index contributed by atoms with van der Waals surface area (Å²) in [6.45, 7) is 6.38. The highest BCUT2D eigenvalue weighted by Crippen LogP contribution is 2.26. The van der Waals surface area contributed by atoms with Crippen LogP contribution in [-0.2, 0) is 6.61 Å². The van der Waals surface area contributed by atoms with E-state index in [1.54, 1.807) is 18.3 Å². The summed E-state index contributed by atoms with van der Waals surface area (Å²) in [6.07, 6.45) is 2.57. The number of aromatic nitrogens is 1. The standard InChI is InChI=1S/C23H25FN2O3/c1-4-14(2)13-29-18-6-7-19(20(24)10-18)23(28)26-21-8-5-17-9-16(12-27)11-25-22(17)15(21)3/h5-11,14,27H,4,12-13H2,1-3H3,(H,26,28). The number of anilines is 1. The number of aliphatic hydroxyl groups is 1. The highest BCUT2D eigenvalue weighted by Gasteiger charge is 2.15. The Morgan fingerprint density at radius 2 is 2.07 bits per heavy atom. The van der Waals surface area contributed by atoms with Crippen LogP contribution in [0.4, 0.5) is 10.1 Å². The van der Waals surface area contributed by atoms with E-state index in [1.165, 1.54) is 12.1 Å². The van der Waals surface area contributed by atoms with Crippen molar-refractivity contribution in [3.63, 3.8) is 0 Å². The first-order chi connectivity index (χ1) is 13.9. The second-order valence-corrected chi connectivity index (χ2v) is 7.23. The molecule has 0 aliphatic carbocycles. The van der Waals surface area contributed by atoms with E-state index < -0.39 is 11.7 Å². The molecule has 0 saturated carbocycles. The summed E-state index contributed by atoms with van der Waals surface area (Å²) in [4.78, 5) is 17.0. The van der Waals surface area contributed by atoms with Crippen molar-refractivity contribution >= 4 is 22.5 Å². The van der Waals surface area contributed by atoms with Crippen LogP contribution in [0.15, 0.2) is 42.6 Å². The van der Waals surface area contributed by atoms with Crippen molar-refractivity contribution in [2.24, 2.45) is 5.92 Å². The number of aryl methyl sites for hydroxylation is 1. The van der Waals surface area contributed by atoms with Gasteiger partial charge in [-0.25, -0.2) is 4.39 Å². The summed E-state index contributed by atoms with van der Waals surface area (Å²) >= 11 is 0. The number of amides is 1. The monoisotopic (exact) mass is 396 g/mol. The average Bonchev–Trinajstić information content (AvgIpc) is 2.73. The van der Waals surface area contributed by atoms with Gasteiger partial charge in [0.1, 0.15) is 11.6 Å². The highest BCUT2D eigenvalue weighted by atomic mass is 19.1. The van der Waals surface area contributed by atoms with Crippen molar-refractivity contribution in [3.8, 4) is 5.75 Å². The van der Waals surface area contributed by atoms with Crippen molar-refractivity contribution in [1.82, 2.24) is 4.98 Å². The predicted molar refractivity (Wildman–Crippen MR) is 112 cm³/mol. The van der Waals surface area contributed by atoms with Gasteiger partial charge in [0.2, 0.25) is 0 Å². The SMILES string of the molecule is CCC(C)COc1ccc(C(=O)Nc2ccc3cc(CO)cnc3c2C)c(F)c1. The molecule has 3 rings (SSSR count). The molecule has 2 N–H and O–H groups in total. The molecule has 0 radical (unpaired) electrons. The van der Waals surface area contributed by atoms with Crippen LogP contribution < -0.4 is 10.1 Å². The molecule has 152 valence electrons. The lowest BCUT2D eigenvalue weighted by atomic mass is 10.1. The average molecular weight is 396 g/mol. The Bertz CT molecular complexity index is 1040. The minimum atomic E-state index is -0.631. The lowest BCUT2D eigenvalue weighted by Gasteiger charge is -2.13. The fourth-order valence-corrected chi connectivity index (χ4v) is 2.93. The van der Waals surface area contributed by atoms with Crippen LogP contribution in [0.1, 0.15) is 41.8 Å². The number of hydrogen-bond acceptors (Lipinski definition) is 4. The van der Waals surface area contributed by atoms with Crippen LogP contribution in [-0.4, -0.2) is 22.6 Å². The van der Waals surface area contributed by atoms with Gasteiger partial charge in [0, 0.05) is 23.3 Å². The molecular formula is C23H25FN2O3. The number of rotatable bonds is 7. The van der Waals surface area contributed by atoms with Crippen LogP contribution >= 0.6 is 0 Å². The predicted octanol–water partition coefficient (Wildman–Crippen LogP) is 4.85. The topological polar surface area (TPSA) is 71.5 Å². The zero-order valence-electron chi connectivity index (χ0n) is 16.8. The number of nitrogens with zero attached hydrogens (tertiary/aromatic N) is 1. The van der Waals surface area contributed by atoms with E-state index in [4.69, 9.17) is 4.74 Å². The molecule has 0 spiro atoms. The minimum absolute atomic E-state index is 0.0519. The van der Waals surface area contributed by atoms with Crippen molar-refractivity contribution < 1.29 is 19.0 Å². The molecular weight excluding hydrogens is 371 g/mol. The molecule has 1 heterocycles. The van der Waals surface area contributed by atoms with Gasteiger partial charge < -0.3 is 15.2 Å². The molecule has 0 bridgehead atoms. The minimum Gasteiger partial charge on any atom is -0.493 e. The Kier molecular flexibility index (Phi) is 6.44. The van der Waals surface area contributed by atoms with E-state index in [2.05, 4.69) is 24.1 Å². The van der Waals surface area contributed by atoms with Crippen molar-refractivity contribution in [2.45, 2.75) is 33.8 Å². The Balaban J connectivity index is 1.78. The third-order valence-corrected chi connectivity index (χ3v) is 5.01. The van der Waals surface area contributed by atoms with Gasteiger partial charge in [0.05, 0.1) is 24.3 Å². The van der Waals surface area contributed by atoms with E-state index >= 15 is 0 Å². The molecule has 5 nitrogen and oxygen atoms in total. The summed E-state index contributed by atoms with van der Waals surface area (Å²) in [7, 11) is 0. The second kappa shape index (κ2) is 9.01. The number of nitrogens with one attached hydrogen (secondary N) is 1. The van der Waals surface area contributed by atoms with Gasteiger partial charge in [-0.05, 0) is 48.2 Å². The Hall–Kier alpha value is -2.99. The first-order valence-electron chi connectivity index (χ1n) is 9.65. The molecule has 1 atom stereocenters. The maximum atomic E-state index is 14.5. The molecule has 0 fully saturated rings. The molecule has 6 heteroatoms. The van der Waals surface area contributed by atoms with E-state index in [1.807, 2.05) is 19.1 Å². The van der Waals surface area contributed by atoms with E-state index in [0.29, 0.717) is 35.0 Å². The van der Waals surface area contributed by atoms with Crippen molar-refractivity contribution in [1.29, 1.82) is 0 Å². The molecule has 1 amide bonds. The normalized spacial score (nSPS) is 12.0. The maximum absolute atomic E-state index is 14.5. The fraction of sp³-hybridized carbons (Fsp3) is 0.304. The van der Waals surface area contributed by atoms with Gasteiger partial charge >= 0.3 is 0 Å². The fourth-order valence-electron chi connectivity index (χ4n) is 2.93. The molecule has 0 saturated heterocycles. The number of aliphatic hydroxyl groups excluding tert-OH is 1. The Morgan fingerprint density at radius 3 is 2.76 bits per heavy atom. The van der Waals surface area contributed by atoms with Crippen LogP contribution in [0, 0.1) is 18.7 Å². The Morgan fingerprint density at radius 1 is 1.28 bits per heavy atom. The van der Waals surface area contributed by atoms with Crippen LogP contribution in [0.3, 0.4) is 0 Å². The van der Waals surface area contributed by atoms with Crippen LogP contribution in [0.25, 0.3) is 10.9 Å². The number of hydrogen-bond donors (Lipinski definition) is 2. The van der Waals surface area contributed by atoms with Gasteiger partial charge in [-0.3, -0.25) is 9.78 Å². The molecule has 1 unspecified atom stereocenters. The first-order valence-corrected chi connectivity index (χ1v) is 9.65. The van der Waals surface area contributed by atoms with E-state index in [9.17, 15) is 14.3 Å². The number of benzene rings is 2. The van der Waals surface area contributed by atoms with Crippen LogP contribution in [0.2, 0.25) is 0 Å². The second-order valence-electron chi connectivity index (χ2n) is 7.23. The number of carbonyl (C=O) groups excluding carboxylic acids is 1. The third-order valence-electron chi connectivity index (χ3n) is 5.01. The van der Waals surface area contributed by atoms with Gasteiger partial charge in [-0.15, -0.1) is 0 Å². The molecule has 3 aromatic rings. The number of ether oxygens (including phenoxy) is 1. The van der Waals surface area contributed by atoms with E-state index in [-0.39, 0.29) is 12.2 Å². The number of pyridine rings is 1. The molecule has 1 aromatic heterocycles. The Labute approximate surface area is 169 Å². The van der Waals surface area contributed by atoms with Gasteiger partial charge in [0.25, 0.3) is 5.91 Å². The van der Waals surface area contributed by atoms with Gasteiger partial charge in [0.15, 0.2) is 0 Å².